The molecular weight excluding hydrogens is 763 g/mol. The SMILES string of the molecule is c1ccc(-c2ccc3c([nH]c4ccccc43)c2-c2ccccc2Nc2ccccc2-c2c(-c3ccccc3)ccc3c2[nH]c2ccccc23)cc1.c1ccc(-c2ccccc2)cc1. The Labute approximate surface area is 367 Å². The summed E-state index contributed by atoms with van der Waals surface area (Å²) in [5, 5.41) is 8.85. The molecule has 0 aliphatic rings. The van der Waals surface area contributed by atoms with Crippen LogP contribution in [-0.2, 0) is 0 Å². The van der Waals surface area contributed by atoms with Crippen LogP contribution >= 0.6 is 0 Å². The number of hydrogen-bond donors (Lipinski definition) is 3. The van der Waals surface area contributed by atoms with Crippen LogP contribution in [0.4, 0.5) is 11.4 Å². The van der Waals surface area contributed by atoms with Crippen molar-refractivity contribution in [3.63, 3.8) is 0 Å². The Morgan fingerprint density at radius 1 is 0.238 bits per heavy atom. The molecule has 12 aromatic rings. The number of H-pyrrole nitrogens is 2. The van der Waals surface area contributed by atoms with E-state index in [1.54, 1.807) is 0 Å². The van der Waals surface area contributed by atoms with E-state index in [9.17, 15) is 0 Å². The van der Waals surface area contributed by atoms with E-state index in [4.69, 9.17) is 0 Å². The Morgan fingerprint density at radius 2 is 0.571 bits per heavy atom. The van der Waals surface area contributed by atoms with Gasteiger partial charge in [0.05, 0.1) is 11.0 Å². The first kappa shape index (κ1) is 37.6. The second-order valence-electron chi connectivity index (χ2n) is 15.8. The molecule has 0 radical (unpaired) electrons. The zero-order chi connectivity index (χ0) is 42.0. The molecule has 10 aromatic carbocycles. The van der Waals surface area contributed by atoms with Crippen LogP contribution in [0.25, 0.3) is 99.2 Å². The van der Waals surface area contributed by atoms with Crippen LogP contribution in [0.2, 0.25) is 0 Å². The fourth-order valence-electron chi connectivity index (χ4n) is 9.14. The average molecular weight is 806 g/mol. The smallest absolute Gasteiger partial charge is 0.0551 e. The van der Waals surface area contributed by atoms with Gasteiger partial charge in [-0.2, -0.15) is 0 Å². The highest BCUT2D eigenvalue weighted by molar-refractivity contribution is 6.17. The lowest BCUT2D eigenvalue weighted by atomic mass is 9.90. The van der Waals surface area contributed by atoms with Crippen LogP contribution in [0, 0.1) is 0 Å². The average Bonchev–Trinajstić information content (AvgIpc) is 3.94. The lowest BCUT2D eigenvalue weighted by Crippen LogP contribution is -1.98. The number of aromatic nitrogens is 2. The van der Waals surface area contributed by atoms with Gasteiger partial charge in [-0.3, -0.25) is 0 Å². The molecule has 63 heavy (non-hydrogen) atoms. The third-order valence-corrected chi connectivity index (χ3v) is 12.1. The third kappa shape index (κ3) is 7.12. The van der Waals surface area contributed by atoms with E-state index in [0.29, 0.717) is 0 Å². The summed E-state index contributed by atoms with van der Waals surface area (Å²) in [4.78, 5) is 7.62. The molecule has 0 unspecified atom stereocenters. The number of hydrogen-bond acceptors (Lipinski definition) is 1. The highest BCUT2D eigenvalue weighted by Gasteiger charge is 2.21. The van der Waals surface area contributed by atoms with Crippen LogP contribution in [0.5, 0.6) is 0 Å². The summed E-state index contributed by atoms with van der Waals surface area (Å²) in [7, 11) is 0. The molecule has 0 spiro atoms. The Bertz CT molecular complexity index is 3280. The molecule has 3 nitrogen and oxygen atoms in total. The molecule has 2 aromatic heterocycles. The van der Waals surface area contributed by atoms with Gasteiger partial charge in [-0.15, -0.1) is 0 Å². The molecule has 3 heteroatoms. The van der Waals surface area contributed by atoms with Crippen LogP contribution in [0.3, 0.4) is 0 Å². The van der Waals surface area contributed by atoms with Crippen molar-refractivity contribution in [3.05, 3.63) is 243 Å². The molecule has 0 aliphatic carbocycles. The first-order valence-electron chi connectivity index (χ1n) is 21.5. The van der Waals surface area contributed by atoms with E-state index in [2.05, 4.69) is 246 Å². The number of aromatic amines is 2. The van der Waals surface area contributed by atoms with E-state index >= 15 is 0 Å². The van der Waals surface area contributed by atoms with Crippen molar-refractivity contribution in [1.29, 1.82) is 0 Å². The number of anilines is 2. The van der Waals surface area contributed by atoms with Gasteiger partial charge in [0.25, 0.3) is 0 Å². The molecule has 0 aliphatic heterocycles. The van der Waals surface area contributed by atoms with Gasteiger partial charge >= 0.3 is 0 Å². The monoisotopic (exact) mass is 805 g/mol. The summed E-state index contributed by atoms with van der Waals surface area (Å²) in [6, 6.07) is 85.8. The number of benzene rings is 10. The topological polar surface area (TPSA) is 43.6 Å². The second kappa shape index (κ2) is 16.6. The molecule has 0 atom stereocenters. The lowest BCUT2D eigenvalue weighted by molar-refractivity contribution is 1.49. The van der Waals surface area contributed by atoms with Gasteiger partial charge in [-0.1, -0.05) is 218 Å². The van der Waals surface area contributed by atoms with E-state index in [1.807, 2.05) is 12.1 Å². The molecule has 298 valence electrons. The summed E-state index contributed by atoms with van der Waals surface area (Å²) >= 11 is 0. The summed E-state index contributed by atoms with van der Waals surface area (Å²) in [6.45, 7) is 0. The molecule has 2 heterocycles. The predicted molar refractivity (Wildman–Crippen MR) is 269 cm³/mol. The maximum absolute atomic E-state index is 3.96. The molecule has 0 saturated heterocycles. The van der Waals surface area contributed by atoms with Crippen LogP contribution in [0.15, 0.2) is 243 Å². The molecule has 12 rings (SSSR count). The minimum Gasteiger partial charge on any atom is -0.355 e. The summed E-state index contributed by atoms with van der Waals surface area (Å²) in [5.74, 6) is 0. The minimum absolute atomic E-state index is 1.04. The Balaban J connectivity index is 0.000000320. The zero-order valence-electron chi connectivity index (χ0n) is 34.6. The molecule has 0 bridgehead atoms. The number of rotatable bonds is 7. The van der Waals surface area contributed by atoms with Gasteiger partial charge in [0.1, 0.15) is 0 Å². The molecule has 0 amide bonds. The Morgan fingerprint density at radius 3 is 0.984 bits per heavy atom. The van der Waals surface area contributed by atoms with E-state index in [0.717, 1.165) is 44.6 Å². The standard InChI is InChI=1S/C48H33N3.C12H10/c1-3-15-31(16-4-1)33-27-29-37-35-19-7-11-23-41(35)50-47(37)45(33)39-21-9-13-25-43(39)49-44-26-14-10-22-40(44)46-34(32-17-5-2-6-18-32)28-30-38-36-20-8-12-24-42(36)51-48(38)46;1-3-7-11(8-4-1)12-9-5-2-6-10-12/h1-30,49-51H;1-10H. The maximum Gasteiger partial charge on any atom is 0.0551 e. The van der Waals surface area contributed by atoms with Gasteiger partial charge in [-0.05, 0) is 57.6 Å². The number of para-hydroxylation sites is 4. The van der Waals surface area contributed by atoms with Crippen molar-refractivity contribution in [1.82, 2.24) is 9.97 Å². The maximum atomic E-state index is 3.96. The van der Waals surface area contributed by atoms with Crippen molar-refractivity contribution in [2.45, 2.75) is 0 Å². The highest BCUT2D eigenvalue weighted by atomic mass is 14.9. The molecular formula is C60H43N3. The number of fused-ring (bicyclic) bond motifs is 6. The highest BCUT2D eigenvalue weighted by Crippen LogP contribution is 2.46. The molecule has 3 N–H and O–H groups in total. The lowest BCUT2D eigenvalue weighted by Gasteiger charge is -2.20. The van der Waals surface area contributed by atoms with Gasteiger partial charge in [0.2, 0.25) is 0 Å². The summed E-state index contributed by atoms with van der Waals surface area (Å²) in [5.41, 5.74) is 18.5. The van der Waals surface area contributed by atoms with Gasteiger partial charge in [-0.25, -0.2) is 0 Å². The quantitative estimate of drug-likeness (QED) is 0.148. The van der Waals surface area contributed by atoms with Crippen molar-refractivity contribution >= 4 is 55.0 Å². The van der Waals surface area contributed by atoms with E-state index in [-0.39, 0.29) is 0 Å². The van der Waals surface area contributed by atoms with Crippen LogP contribution in [0.1, 0.15) is 0 Å². The van der Waals surface area contributed by atoms with Crippen molar-refractivity contribution in [3.8, 4) is 55.6 Å². The van der Waals surface area contributed by atoms with Crippen LogP contribution < -0.4 is 5.32 Å². The van der Waals surface area contributed by atoms with Crippen molar-refractivity contribution < 1.29 is 0 Å². The van der Waals surface area contributed by atoms with E-state index < -0.39 is 0 Å². The fraction of sp³-hybridized carbons (Fsp3) is 0. The van der Waals surface area contributed by atoms with Gasteiger partial charge in [0.15, 0.2) is 0 Å². The first-order chi connectivity index (χ1) is 31.3. The Kier molecular flexibility index (Phi) is 9.89. The van der Waals surface area contributed by atoms with Gasteiger partial charge in [0, 0.05) is 66.2 Å². The van der Waals surface area contributed by atoms with Crippen LogP contribution in [-0.4, -0.2) is 9.97 Å². The van der Waals surface area contributed by atoms with Gasteiger partial charge < -0.3 is 15.3 Å². The summed E-state index contributed by atoms with van der Waals surface area (Å²) in [6.07, 6.45) is 0. The fourth-order valence-corrected chi connectivity index (χ4v) is 9.14. The summed E-state index contributed by atoms with van der Waals surface area (Å²) < 4.78 is 0. The second-order valence-corrected chi connectivity index (χ2v) is 15.8. The molecule has 0 fully saturated rings. The van der Waals surface area contributed by atoms with E-state index in [1.165, 1.54) is 66.1 Å². The third-order valence-electron chi connectivity index (χ3n) is 12.1. The molecule has 0 saturated carbocycles. The zero-order valence-corrected chi connectivity index (χ0v) is 34.6. The van der Waals surface area contributed by atoms with Crippen molar-refractivity contribution in [2.24, 2.45) is 0 Å². The Hall–Kier alpha value is -8.40. The normalized spacial score (nSPS) is 11.2. The minimum atomic E-state index is 1.04. The number of nitrogens with one attached hydrogen (secondary N) is 3. The first-order valence-corrected chi connectivity index (χ1v) is 21.5. The van der Waals surface area contributed by atoms with Crippen molar-refractivity contribution in [2.75, 3.05) is 5.32 Å². The largest absolute Gasteiger partial charge is 0.355 e. The predicted octanol–water partition coefficient (Wildman–Crippen LogP) is 16.7.